The number of benzene rings is 1. The van der Waals surface area contributed by atoms with Crippen LogP contribution in [0.3, 0.4) is 0 Å². The van der Waals surface area contributed by atoms with E-state index in [4.69, 9.17) is 26.1 Å². The van der Waals surface area contributed by atoms with E-state index in [0.717, 1.165) is 11.6 Å². The topological polar surface area (TPSA) is 123 Å². The Labute approximate surface area is 264 Å². The standard InChI is InChI=1S/C32H34ClFN6O5/c1-16(2)24-26(17(3)9-10-35-24)40-29-22-27(23(33)25(36-29)20-13-19(41)7-8-21(20)34)44-15-18-14-38(31(43)45-32(4,5)6)11-12-39(18)28(22)37-30(40)42/h7-10,13,16,18,41H,11-12,14-15H2,1-6H3/t18-/m1/s1. The van der Waals surface area contributed by atoms with Crippen molar-refractivity contribution in [2.75, 3.05) is 31.1 Å². The summed E-state index contributed by atoms with van der Waals surface area (Å²) in [5.74, 6) is -0.447. The van der Waals surface area contributed by atoms with Crippen LogP contribution in [0.5, 0.6) is 11.5 Å². The van der Waals surface area contributed by atoms with Crippen molar-refractivity contribution in [1.29, 1.82) is 0 Å². The summed E-state index contributed by atoms with van der Waals surface area (Å²) in [4.78, 5) is 44.6. The number of halogens is 2. The molecule has 1 fully saturated rings. The number of rotatable bonds is 3. The van der Waals surface area contributed by atoms with Crippen molar-refractivity contribution in [3.63, 3.8) is 0 Å². The quantitative estimate of drug-likeness (QED) is 0.306. The fraction of sp³-hybridized carbons (Fsp3) is 0.406. The Hall–Kier alpha value is -4.45. The Morgan fingerprint density at radius 1 is 1.20 bits per heavy atom. The number of hydrogen-bond donors (Lipinski definition) is 1. The molecule has 1 N–H and O–H groups in total. The van der Waals surface area contributed by atoms with Crippen LogP contribution >= 0.6 is 11.6 Å². The summed E-state index contributed by atoms with van der Waals surface area (Å²) in [5.41, 5.74) is 0.702. The molecule has 6 rings (SSSR count). The second-order valence-corrected chi connectivity index (χ2v) is 13.0. The van der Waals surface area contributed by atoms with Crippen LogP contribution in [0.4, 0.5) is 15.0 Å². The first-order chi connectivity index (χ1) is 21.2. The van der Waals surface area contributed by atoms with Gasteiger partial charge in [-0.3, -0.25) is 4.98 Å². The van der Waals surface area contributed by atoms with E-state index in [1.165, 1.54) is 16.7 Å². The summed E-state index contributed by atoms with van der Waals surface area (Å²) in [6.07, 6.45) is 1.23. The zero-order valence-corrected chi connectivity index (χ0v) is 26.6. The van der Waals surface area contributed by atoms with Gasteiger partial charge in [0.2, 0.25) is 0 Å². The maximum Gasteiger partial charge on any atom is 0.410 e. The molecular weight excluding hydrogens is 603 g/mol. The highest BCUT2D eigenvalue weighted by Crippen LogP contribution is 2.46. The molecule has 1 amide bonds. The zero-order chi connectivity index (χ0) is 32.4. The highest BCUT2D eigenvalue weighted by Gasteiger charge is 2.38. The average molecular weight is 637 g/mol. The first-order valence-corrected chi connectivity index (χ1v) is 15.1. The van der Waals surface area contributed by atoms with E-state index >= 15 is 4.39 Å². The monoisotopic (exact) mass is 636 g/mol. The van der Waals surface area contributed by atoms with Gasteiger partial charge >= 0.3 is 11.8 Å². The number of phenols is 1. The molecule has 0 spiro atoms. The van der Waals surface area contributed by atoms with Gasteiger partial charge in [0.15, 0.2) is 11.4 Å². The third-order valence-electron chi connectivity index (χ3n) is 7.86. The number of piperazine rings is 1. The van der Waals surface area contributed by atoms with Crippen molar-refractivity contribution in [2.24, 2.45) is 0 Å². The van der Waals surface area contributed by atoms with Gasteiger partial charge in [0, 0.05) is 31.4 Å². The molecular formula is C32H34ClFN6O5. The van der Waals surface area contributed by atoms with Gasteiger partial charge in [0.25, 0.3) is 0 Å². The van der Waals surface area contributed by atoms with Gasteiger partial charge in [-0.05, 0) is 63.4 Å². The molecule has 2 aliphatic heterocycles. The molecule has 3 aromatic heterocycles. The Morgan fingerprint density at radius 2 is 1.96 bits per heavy atom. The minimum Gasteiger partial charge on any atom is -0.508 e. The Bertz CT molecular complexity index is 1910. The van der Waals surface area contributed by atoms with E-state index in [2.05, 4.69) is 9.97 Å². The maximum absolute atomic E-state index is 15.3. The van der Waals surface area contributed by atoms with Crippen LogP contribution in [-0.4, -0.2) is 73.5 Å². The van der Waals surface area contributed by atoms with Crippen molar-refractivity contribution in [3.8, 4) is 28.4 Å². The number of pyridine rings is 2. The summed E-state index contributed by atoms with van der Waals surface area (Å²) in [6.45, 7) is 12.2. The van der Waals surface area contributed by atoms with Crippen LogP contribution < -0.4 is 15.3 Å². The SMILES string of the molecule is Cc1ccnc(C(C)C)c1-n1c(=O)nc2c3c(c(Cl)c(-c4cc(O)ccc4F)nc31)OC[C@H]1CN(C(=O)OC(C)(C)C)CCN21. The molecule has 0 unspecified atom stereocenters. The molecule has 11 nitrogen and oxygen atoms in total. The summed E-state index contributed by atoms with van der Waals surface area (Å²) >= 11 is 6.96. The smallest absolute Gasteiger partial charge is 0.410 e. The lowest BCUT2D eigenvalue weighted by Crippen LogP contribution is -2.57. The van der Waals surface area contributed by atoms with Crippen molar-refractivity contribution < 1.29 is 23.8 Å². The number of aryl methyl sites for hydroxylation is 1. The van der Waals surface area contributed by atoms with Crippen LogP contribution in [0, 0.1) is 12.7 Å². The minimum atomic E-state index is -0.670. The summed E-state index contributed by atoms with van der Waals surface area (Å²) in [7, 11) is 0. The van der Waals surface area contributed by atoms with Gasteiger partial charge in [-0.25, -0.2) is 23.5 Å². The molecule has 1 atom stereocenters. The third kappa shape index (κ3) is 5.41. The molecule has 236 valence electrons. The molecule has 5 heterocycles. The number of carbonyl (C=O) groups is 1. The minimum absolute atomic E-state index is 0.00362. The first kappa shape index (κ1) is 30.6. The van der Waals surface area contributed by atoms with E-state index in [-0.39, 0.29) is 52.5 Å². The summed E-state index contributed by atoms with van der Waals surface area (Å²) in [5, 5.41) is 10.6. The van der Waals surface area contributed by atoms with Crippen molar-refractivity contribution >= 4 is 34.5 Å². The molecule has 0 bridgehead atoms. The van der Waals surface area contributed by atoms with E-state index in [0.29, 0.717) is 35.7 Å². The average Bonchev–Trinajstić information content (AvgIpc) is 3.12. The Kier molecular flexibility index (Phi) is 7.59. The van der Waals surface area contributed by atoms with Crippen LogP contribution in [0.25, 0.3) is 28.0 Å². The zero-order valence-electron chi connectivity index (χ0n) is 25.9. The van der Waals surface area contributed by atoms with Crippen molar-refractivity contribution in [2.45, 2.75) is 59.1 Å². The van der Waals surface area contributed by atoms with Crippen molar-refractivity contribution in [1.82, 2.24) is 24.4 Å². The number of hydrogen-bond acceptors (Lipinski definition) is 9. The van der Waals surface area contributed by atoms with E-state index in [1.54, 1.807) is 37.9 Å². The second kappa shape index (κ2) is 11.2. The van der Waals surface area contributed by atoms with Gasteiger partial charge in [-0.2, -0.15) is 4.98 Å². The fourth-order valence-corrected chi connectivity index (χ4v) is 6.12. The molecule has 0 aliphatic carbocycles. The number of anilines is 1. The second-order valence-electron chi connectivity index (χ2n) is 12.6. The van der Waals surface area contributed by atoms with Gasteiger partial charge in [-0.15, -0.1) is 0 Å². The molecule has 0 saturated carbocycles. The highest BCUT2D eigenvalue weighted by atomic mass is 35.5. The number of fused-ring (bicyclic) bond motifs is 2. The van der Waals surface area contributed by atoms with E-state index in [9.17, 15) is 14.7 Å². The molecule has 1 aromatic carbocycles. The largest absolute Gasteiger partial charge is 0.508 e. The van der Waals surface area contributed by atoms with Crippen molar-refractivity contribution in [3.05, 3.63) is 63.0 Å². The number of nitrogens with zero attached hydrogens (tertiary/aromatic N) is 6. The van der Waals surface area contributed by atoms with Crippen LogP contribution in [0.1, 0.15) is 51.8 Å². The highest BCUT2D eigenvalue weighted by molar-refractivity contribution is 6.36. The Balaban J connectivity index is 1.62. The van der Waals surface area contributed by atoms with Gasteiger partial charge < -0.3 is 24.4 Å². The van der Waals surface area contributed by atoms with Gasteiger partial charge in [0.05, 0.1) is 23.1 Å². The molecule has 2 aliphatic rings. The van der Waals surface area contributed by atoms with Crippen LogP contribution in [0.2, 0.25) is 5.02 Å². The normalized spacial score (nSPS) is 16.4. The van der Waals surface area contributed by atoms with E-state index < -0.39 is 29.2 Å². The molecule has 4 aromatic rings. The molecule has 45 heavy (non-hydrogen) atoms. The maximum atomic E-state index is 15.3. The Morgan fingerprint density at radius 3 is 2.67 bits per heavy atom. The van der Waals surface area contributed by atoms with Gasteiger partial charge in [-0.1, -0.05) is 25.4 Å². The molecule has 0 radical (unpaired) electrons. The molecule has 1 saturated heterocycles. The number of aromatic hydroxyl groups is 1. The fourth-order valence-electron chi connectivity index (χ4n) is 5.83. The third-order valence-corrected chi connectivity index (χ3v) is 8.21. The number of phenolic OH excluding ortho intramolecular Hbond substituents is 1. The first-order valence-electron chi connectivity index (χ1n) is 14.7. The number of amides is 1. The summed E-state index contributed by atoms with van der Waals surface area (Å²) < 4.78 is 28.6. The number of ether oxygens (including phenoxy) is 2. The number of carbonyl (C=O) groups excluding carboxylic acids is 1. The molecule has 13 heteroatoms. The lowest BCUT2D eigenvalue weighted by molar-refractivity contribution is 0.0202. The predicted octanol–water partition coefficient (Wildman–Crippen LogP) is 5.59. The van der Waals surface area contributed by atoms with Crippen LogP contribution in [-0.2, 0) is 4.74 Å². The van der Waals surface area contributed by atoms with Gasteiger partial charge in [0.1, 0.15) is 40.0 Å². The number of aromatic nitrogens is 4. The lowest BCUT2D eigenvalue weighted by atomic mass is 10.0. The lowest BCUT2D eigenvalue weighted by Gasteiger charge is -2.41. The summed E-state index contributed by atoms with van der Waals surface area (Å²) in [6, 6.07) is 4.94. The van der Waals surface area contributed by atoms with E-state index in [1.807, 2.05) is 25.7 Å². The predicted molar refractivity (Wildman–Crippen MR) is 168 cm³/mol. The van der Waals surface area contributed by atoms with Crippen LogP contribution in [0.15, 0.2) is 35.3 Å².